The molecule has 1 aromatic rings. The fourth-order valence-corrected chi connectivity index (χ4v) is 9.58. The van der Waals surface area contributed by atoms with Gasteiger partial charge in [0.25, 0.3) is 0 Å². The molecule has 3 atom stereocenters. The van der Waals surface area contributed by atoms with Crippen LogP contribution in [0.15, 0.2) is 36.4 Å². The summed E-state index contributed by atoms with van der Waals surface area (Å²) in [4.78, 5) is 15.3. The average Bonchev–Trinajstić information content (AvgIpc) is 3.23. The standard InChI is InChI=1S/C22H27NOS2/c24-21(23-10-8-17(9-11-23)16-4-2-1-3-5-16)18-14-19-6-7-20(15-18)22(19)25-12-13-26-22/h1-5,8,18-20H,6-7,9-15H2/t18?,19-,20+. The van der Waals surface area contributed by atoms with Crippen molar-refractivity contribution in [3.63, 3.8) is 0 Å². The average molecular weight is 386 g/mol. The zero-order chi connectivity index (χ0) is 17.6. The van der Waals surface area contributed by atoms with Crippen molar-refractivity contribution in [2.24, 2.45) is 17.8 Å². The van der Waals surface area contributed by atoms with Crippen molar-refractivity contribution < 1.29 is 4.79 Å². The van der Waals surface area contributed by atoms with E-state index < -0.39 is 0 Å². The van der Waals surface area contributed by atoms with E-state index in [1.54, 1.807) is 0 Å². The minimum Gasteiger partial charge on any atom is -0.338 e. The van der Waals surface area contributed by atoms with Crippen LogP contribution in [0.25, 0.3) is 5.57 Å². The van der Waals surface area contributed by atoms with Crippen LogP contribution >= 0.6 is 23.5 Å². The molecule has 1 unspecified atom stereocenters. The molecule has 4 heteroatoms. The van der Waals surface area contributed by atoms with E-state index in [1.807, 2.05) is 0 Å². The van der Waals surface area contributed by atoms with Crippen LogP contribution in [0.2, 0.25) is 0 Å². The van der Waals surface area contributed by atoms with Crippen LogP contribution in [0.5, 0.6) is 0 Å². The molecule has 2 bridgehead atoms. The van der Waals surface area contributed by atoms with Crippen molar-refractivity contribution in [1.29, 1.82) is 0 Å². The monoisotopic (exact) mass is 385 g/mol. The van der Waals surface area contributed by atoms with Gasteiger partial charge in [-0.25, -0.2) is 0 Å². The second-order valence-electron chi connectivity index (χ2n) is 8.19. The number of thioether (sulfide) groups is 2. The van der Waals surface area contributed by atoms with E-state index in [9.17, 15) is 4.79 Å². The molecule has 5 rings (SSSR count). The van der Waals surface area contributed by atoms with Crippen molar-refractivity contribution in [3.05, 3.63) is 42.0 Å². The normalized spacial score (nSPS) is 32.7. The molecule has 0 radical (unpaired) electrons. The molecule has 2 saturated carbocycles. The molecule has 2 nitrogen and oxygen atoms in total. The number of amides is 1. The first kappa shape index (κ1) is 17.2. The van der Waals surface area contributed by atoms with Gasteiger partial charge in [0, 0.05) is 30.5 Å². The molecule has 3 fully saturated rings. The predicted octanol–water partition coefficient (Wildman–Crippen LogP) is 4.91. The maximum absolute atomic E-state index is 13.2. The minimum absolute atomic E-state index is 0.284. The van der Waals surface area contributed by atoms with Gasteiger partial charge in [0.2, 0.25) is 5.91 Å². The number of carbonyl (C=O) groups is 1. The van der Waals surface area contributed by atoms with Crippen molar-refractivity contribution in [1.82, 2.24) is 4.90 Å². The lowest BCUT2D eigenvalue weighted by atomic mass is 9.79. The molecule has 1 aromatic carbocycles. The molecule has 1 saturated heterocycles. The van der Waals surface area contributed by atoms with Gasteiger partial charge in [0.05, 0.1) is 4.08 Å². The van der Waals surface area contributed by atoms with Crippen molar-refractivity contribution in [2.75, 3.05) is 24.6 Å². The third kappa shape index (κ3) is 2.84. The fourth-order valence-electron chi connectivity index (χ4n) is 5.64. The van der Waals surface area contributed by atoms with Crippen LogP contribution in [0.4, 0.5) is 0 Å². The summed E-state index contributed by atoms with van der Waals surface area (Å²) >= 11 is 4.44. The van der Waals surface area contributed by atoms with Gasteiger partial charge < -0.3 is 4.90 Å². The number of benzene rings is 1. The van der Waals surface area contributed by atoms with Gasteiger partial charge in [0.1, 0.15) is 0 Å². The first-order valence-electron chi connectivity index (χ1n) is 10.1. The number of nitrogens with zero attached hydrogens (tertiary/aromatic N) is 1. The van der Waals surface area contributed by atoms with Gasteiger partial charge in [-0.15, -0.1) is 23.5 Å². The Bertz CT molecular complexity index is 694. The summed E-state index contributed by atoms with van der Waals surface area (Å²) in [5.74, 6) is 4.89. The number of hydrogen-bond donors (Lipinski definition) is 0. The predicted molar refractivity (Wildman–Crippen MR) is 112 cm³/mol. The van der Waals surface area contributed by atoms with Crippen molar-refractivity contribution in [3.8, 4) is 0 Å². The first-order valence-corrected chi connectivity index (χ1v) is 12.0. The van der Waals surface area contributed by atoms with Gasteiger partial charge in [-0.3, -0.25) is 4.79 Å². The quantitative estimate of drug-likeness (QED) is 0.721. The number of rotatable bonds is 2. The minimum atomic E-state index is 0.284. The summed E-state index contributed by atoms with van der Waals surface area (Å²) in [7, 11) is 0. The molecule has 1 spiro atoms. The van der Waals surface area contributed by atoms with Crippen molar-refractivity contribution in [2.45, 2.75) is 36.2 Å². The van der Waals surface area contributed by atoms with Crippen molar-refractivity contribution >= 4 is 35.0 Å². The summed E-state index contributed by atoms with van der Waals surface area (Å²) in [5.41, 5.74) is 2.71. The Morgan fingerprint density at radius 3 is 2.35 bits per heavy atom. The lowest BCUT2D eigenvalue weighted by molar-refractivity contribution is -0.136. The largest absolute Gasteiger partial charge is 0.338 e. The Morgan fingerprint density at radius 2 is 1.73 bits per heavy atom. The molecule has 0 N–H and O–H groups in total. The van der Waals surface area contributed by atoms with Crippen LogP contribution in [0, 0.1) is 17.8 Å². The maximum atomic E-state index is 13.2. The fraction of sp³-hybridized carbons (Fsp3) is 0.591. The van der Waals surface area contributed by atoms with E-state index in [0.717, 1.165) is 44.2 Å². The molecule has 138 valence electrons. The lowest BCUT2D eigenvalue weighted by Gasteiger charge is -2.43. The van der Waals surface area contributed by atoms with Gasteiger partial charge in [-0.1, -0.05) is 36.4 Å². The Labute approximate surface area is 165 Å². The molecule has 0 aromatic heterocycles. The van der Waals surface area contributed by atoms with Crippen LogP contribution in [0.3, 0.4) is 0 Å². The van der Waals surface area contributed by atoms with Gasteiger partial charge in [0.15, 0.2) is 0 Å². The van der Waals surface area contributed by atoms with E-state index in [1.165, 1.54) is 35.5 Å². The summed E-state index contributed by atoms with van der Waals surface area (Å²) in [6.45, 7) is 1.68. The Morgan fingerprint density at radius 1 is 1.04 bits per heavy atom. The summed E-state index contributed by atoms with van der Waals surface area (Å²) in [5, 5.41) is 0. The molecule has 2 heterocycles. The van der Waals surface area contributed by atoms with E-state index in [2.05, 4.69) is 64.8 Å². The van der Waals surface area contributed by atoms with Crippen LogP contribution in [0.1, 0.15) is 37.7 Å². The lowest BCUT2D eigenvalue weighted by Crippen LogP contribution is -2.45. The molecule has 26 heavy (non-hydrogen) atoms. The molecule has 1 amide bonds. The summed E-state index contributed by atoms with van der Waals surface area (Å²) in [6, 6.07) is 10.6. The van der Waals surface area contributed by atoms with Crippen LogP contribution in [-0.2, 0) is 4.79 Å². The zero-order valence-corrected chi connectivity index (χ0v) is 16.9. The highest BCUT2D eigenvalue weighted by Crippen LogP contribution is 2.66. The van der Waals surface area contributed by atoms with Gasteiger partial charge in [-0.2, -0.15) is 0 Å². The summed E-state index contributed by atoms with van der Waals surface area (Å²) < 4.78 is 0.485. The molecule has 2 aliphatic carbocycles. The summed E-state index contributed by atoms with van der Waals surface area (Å²) in [6.07, 6.45) is 8.25. The Kier molecular flexibility index (Phi) is 4.60. The van der Waals surface area contributed by atoms with E-state index >= 15 is 0 Å². The van der Waals surface area contributed by atoms with E-state index in [-0.39, 0.29) is 5.92 Å². The Hall–Kier alpha value is -0.870. The van der Waals surface area contributed by atoms with Gasteiger partial charge in [-0.05, 0) is 55.1 Å². The first-order chi connectivity index (χ1) is 12.8. The highest BCUT2D eigenvalue weighted by atomic mass is 32.2. The smallest absolute Gasteiger partial charge is 0.225 e. The third-order valence-corrected chi connectivity index (χ3v) is 10.9. The second-order valence-corrected chi connectivity index (χ2v) is 11.2. The SMILES string of the molecule is O=C(C1C[C@H]2CC[C@@H](C1)C21SCCS1)N1CC=C(c2ccccc2)CC1. The highest BCUT2D eigenvalue weighted by molar-refractivity contribution is 8.21. The number of hydrogen-bond acceptors (Lipinski definition) is 3. The van der Waals surface area contributed by atoms with Crippen LogP contribution < -0.4 is 0 Å². The topological polar surface area (TPSA) is 20.3 Å². The Balaban J connectivity index is 1.25. The zero-order valence-electron chi connectivity index (χ0n) is 15.2. The molecule has 4 aliphatic rings. The molecular weight excluding hydrogens is 358 g/mol. The second kappa shape index (κ2) is 6.94. The van der Waals surface area contributed by atoms with E-state index in [0.29, 0.717) is 9.99 Å². The van der Waals surface area contributed by atoms with E-state index in [4.69, 9.17) is 0 Å². The van der Waals surface area contributed by atoms with Gasteiger partial charge >= 0.3 is 0 Å². The maximum Gasteiger partial charge on any atom is 0.225 e. The van der Waals surface area contributed by atoms with Crippen LogP contribution in [-0.4, -0.2) is 39.5 Å². The number of carbonyl (C=O) groups excluding carboxylic acids is 1. The third-order valence-electron chi connectivity index (χ3n) is 6.89. The molecule has 2 aliphatic heterocycles. The molecular formula is C22H27NOS2. The highest BCUT2D eigenvalue weighted by Gasteiger charge is 2.57.